The van der Waals surface area contributed by atoms with Gasteiger partial charge in [0, 0.05) is 17.8 Å². The zero-order chi connectivity index (χ0) is 18.8. The minimum absolute atomic E-state index is 0.210. The van der Waals surface area contributed by atoms with Crippen LogP contribution in [-0.4, -0.2) is 27.3 Å². The van der Waals surface area contributed by atoms with E-state index < -0.39 is 0 Å². The molecule has 0 radical (unpaired) electrons. The SMILES string of the molecule is COc1ccccc1CN(Cc1nnc(C)s1)c1ccc2[nH]c(=O)[nH]c2c1. The first-order valence-electron chi connectivity index (χ1n) is 8.50. The molecule has 0 bridgehead atoms. The fraction of sp³-hybridized carbons (Fsp3) is 0.211. The van der Waals surface area contributed by atoms with Crippen molar-refractivity contribution in [3.63, 3.8) is 0 Å². The minimum Gasteiger partial charge on any atom is -0.496 e. The summed E-state index contributed by atoms with van der Waals surface area (Å²) in [4.78, 5) is 19.4. The van der Waals surface area contributed by atoms with E-state index in [2.05, 4.69) is 25.1 Å². The highest BCUT2D eigenvalue weighted by atomic mass is 32.1. The second-order valence-electron chi connectivity index (χ2n) is 6.19. The number of H-pyrrole nitrogens is 2. The van der Waals surface area contributed by atoms with Crippen LogP contribution in [0.25, 0.3) is 11.0 Å². The number of nitrogens with one attached hydrogen (secondary N) is 2. The fourth-order valence-electron chi connectivity index (χ4n) is 3.06. The van der Waals surface area contributed by atoms with Crippen molar-refractivity contribution in [1.29, 1.82) is 0 Å². The quantitative estimate of drug-likeness (QED) is 0.535. The van der Waals surface area contributed by atoms with Crippen molar-refractivity contribution in [1.82, 2.24) is 20.2 Å². The number of ether oxygens (including phenoxy) is 1. The summed E-state index contributed by atoms with van der Waals surface area (Å²) in [6, 6.07) is 13.8. The molecule has 27 heavy (non-hydrogen) atoms. The Morgan fingerprint density at radius 2 is 1.89 bits per heavy atom. The number of nitrogens with zero attached hydrogens (tertiary/aromatic N) is 3. The fourth-order valence-corrected chi connectivity index (χ4v) is 3.78. The Hall–Kier alpha value is -3.13. The molecule has 0 fully saturated rings. The van der Waals surface area contributed by atoms with Crippen LogP contribution in [0.3, 0.4) is 0 Å². The number of hydrogen-bond donors (Lipinski definition) is 2. The molecule has 0 unspecified atom stereocenters. The molecule has 4 rings (SSSR count). The summed E-state index contributed by atoms with van der Waals surface area (Å²) in [5, 5.41) is 10.3. The van der Waals surface area contributed by atoms with Gasteiger partial charge in [0.15, 0.2) is 0 Å². The van der Waals surface area contributed by atoms with E-state index in [1.807, 2.05) is 49.4 Å². The van der Waals surface area contributed by atoms with E-state index >= 15 is 0 Å². The van der Waals surface area contributed by atoms with Gasteiger partial charge in [0.1, 0.15) is 15.8 Å². The maximum Gasteiger partial charge on any atom is 0.323 e. The number of anilines is 1. The minimum atomic E-state index is -0.210. The van der Waals surface area contributed by atoms with Gasteiger partial charge in [-0.15, -0.1) is 10.2 Å². The molecule has 7 nitrogen and oxygen atoms in total. The summed E-state index contributed by atoms with van der Waals surface area (Å²) < 4.78 is 5.51. The highest BCUT2D eigenvalue weighted by Gasteiger charge is 2.15. The molecule has 2 aromatic carbocycles. The van der Waals surface area contributed by atoms with Gasteiger partial charge >= 0.3 is 5.69 Å². The Morgan fingerprint density at radius 1 is 1.07 bits per heavy atom. The molecule has 0 aliphatic carbocycles. The lowest BCUT2D eigenvalue weighted by molar-refractivity contribution is 0.409. The maximum atomic E-state index is 11.6. The van der Waals surface area contributed by atoms with Gasteiger partial charge in [0.25, 0.3) is 0 Å². The second-order valence-corrected chi connectivity index (χ2v) is 7.46. The van der Waals surface area contributed by atoms with Crippen LogP contribution in [0, 0.1) is 6.92 Å². The number of hydrogen-bond acceptors (Lipinski definition) is 6. The molecule has 0 amide bonds. The summed E-state index contributed by atoms with van der Waals surface area (Å²) in [7, 11) is 1.67. The van der Waals surface area contributed by atoms with E-state index in [9.17, 15) is 4.79 Å². The molecule has 0 atom stereocenters. The Balaban J connectivity index is 1.72. The molecule has 2 aromatic heterocycles. The van der Waals surface area contributed by atoms with Gasteiger partial charge in [-0.05, 0) is 31.2 Å². The topological polar surface area (TPSA) is 86.9 Å². The number of fused-ring (bicyclic) bond motifs is 1. The van der Waals surface area contributed by atoms with Crippen LogP contribution in [0.2, 0.25) is 0 Å². The van der Waals surface area contributed by atoms with Crippen LogP contribution in [0.1, 0.15) is 15.6 Å². The lowest BCUT2D eigenvalue weighted by Gasteiger charge is -2.25. The zero-order valence-corrected chi connectivity index (χ0v) is 15.8. The molecule has 0 aliphatic rings. The van der Waals surface area contributed by atoms with Crippen LogP contribution < -0.4 is 15.3 Å². The number of imidazole rings is 1. The van der Waals surface area contributed by atoms with Crippen molar-refractivity contribution in [2.24, 2.45) is 0 Å². The standard InChI is InChI=1S/C19H19N5O2S/c1-12-22-23-18(27-12)11-24(10-13-5-3-4-6-17(13)26-2)14-7-8-15-16(9-14)21-19(25)20-15/h3-9H,10-11H2,1-2H3,(H2,20,21,25). The lowest BCUT2D eigenvalue weighted by atomic mass is 10.1. The number of rotatable bonds is 6. The van der Waals surface area contributed by atoms with E-state index in [4.69, 9.17) is 4.74 Å². The molecule has 0 aliphatic heterocycles. The predicted octanol–water partition coefficient (Wildman–Crippen LogP) is 3.23. The highest BCUT2D eigenvalue weighted by Crippen LogP contribution is 2.27. The van der Waals surface area contributed by atoms with E-state index in [0.29, 0.717) is 13.1 Å². The van der Waals surface area contributed by atoms with Crippen LogP contribution in [0.4, 0.5) is 5.69 Å². The first-order valence-corrected chi connectivity index (χ1v) is 9.32. The van der Waals surface area contributed by atoms with E-state index in [0.717, 1.165) is 38.0 Å². The van der Waals surface area contributed by atoms with Crippen molar-refractivity contribution in [3.05, 3.63) is 68.5 Å². The van der Waals surface area contributed by atoms with E-state index in [1.54, 1.807) is 18.4 Å². The predicted molar refractivity (Wildman–Crippen MR) is 106 cm³/mol. The Labute approximate surface area is 159 Å². The Kier molecular flexibility index (Phi) is 4.64. The maximum absolute atomic E-state index is 11.6. The smallest absolute Gasteiger partial charge is 0.323 e. The normalized spacial score (nSPS) is 11.0. The summed E-state index contributed by atoms with van der Waals surface area (Å²) in [5.74, 6) is 0.840. The monoisotopic (exact) mass is 381 g/mol. The summed E-state index contributed by atoms with van der Waals surface area (Å²) in [5.41, 5.74) is 3.40. The average molecular weight is 381 g/mol. The van der Waals surface area contributed by atoms with Gasteiger partial charge in [-0.1, -0.05) is 29.5 Å². The van der Waals surface area contributed by atoms with Crippen molar-refractivity contribution < 1.29 is 4.74 Å². The van der Waals surface area contributed by atoms with Gasteiger partial charge in [0.05, 0.1) is 24.7 Å². The number of aromatic nitrogens is 4. The third-order valence-corrected chi connectivity index (χ3v) is 5.14. The van der Waals surface area contributed by atoms with Crippen molar-refractivity contribution in [3.8, 4) is 5.75 Å². The summed E-state index contributed by atoms with van der Waals surface area (Å²) >= 11 is 1.58. The van der Waals surface area contributed by atoms with E-state index in [1.165, 1.54) is 0 Å². The number of benzene rings is 2. The first-order chi connectivity index (χ1) is 13.1. The third kappa shape index (κ3) is 3.70. The van der Waals surface area contributed by atoms with Gasteiger partial charge < -0.3 is 19.6 Å². The Morgan fingerprint density at radius 3 is 2.67 bits per heavy atom. The van der Waals surface area contributed by atoms with Crippen LogP contribution in [0.5, 0.6) is 5.75 Å². The Bertz CT molecular complexity index is 1130. The molecule has 138 valence electrons. The molecule has 2 N–H and O–H groups in total. The molecule has 2 heterocycles. The summed E-state index contributed by atoms with van der Waals surface area (Å²) in [6.45, 7) is 3.20. The number of methoxy groups -OCH3 is 1. The molecular weight excluding hydrogens is 362 g/mol. The van der Waals surface area contributed by atoms with Crippen LogP contribution in [-0.2, 0) is 13.1 Å². The van der Waals surface area contributed by atoms with Crippen molar-refractivity contribution >= 4 is 28.1 Å². The lowest BCUT2D eigenvalue weighted by Crippen LogP contribution is -2.22. The van der Waals surface area contributed by atoms with Crippen LogP contribution >= 0.6 is 11.3 Å². The third-order valence-electron chi connectivity index (χ3n) is 4.31. The van der Waals surface area contributed by atoms with Crippen molar-refractivity contribution in [2.75, 3.05) is 12.0 Å². The number of para-hydroxylation sites is 1. The molecule has 0 spiro atoms. The largest absolute Gasteiger partial charge is 0.496 e. The van der Waals surface area contributed by atoms with E-state index in [-0.39, 0.29) is 5.69 Å². The summed E-state index contributed by atoms with van der Waals surface area (Å²) in [6.07, 6.45) is 0. The molecule has 0 saturated carbocycles. The van der Waals surface area contributed by atoms with Gasteiger partial charge in [-0.3, -0.25) is 0 Å². The number of aryl methyl sites for hydroxylation is 1. The van der Waals surface area contributed by atoms with Gasteiger partial charge in [-0.25, -0.2) is 4.79 Å². The first kappa shape index (κ1) is 17.3. The van der Waals surface area contributed by atoms with Crippen molar-refractivity contribution in [2.45, 2.75) is 20.0 Å². The average Bonchev–Trinajstić information content (AvgIpc) is 3.25. The highest BCUT2D eigenvalue weighted by molar-refractivity contribution is 7.11. The number of aromatic amines is 2. The molecule has 0 saturated heterocycles. The van der Waals surface area contributed by atoms with Gasteiger partial charge in [-0.2, -0.15) is 0 Å². The molecule has 4 aromatic rings. The molecule has 8 heteroatoms. The van der Waals surface area contributed by atoms with Crippen LogP contribution in [0.15, 0.2) is 47.3 Å². The molecular formula is C19H19N5O2S. The zero-order valence-electron chi connectivity index (χ0n) is 15.0. The second kappa shape index (κ2) is 7.24. The van der Waals surface area contributed by atoms with Gasteiger partial charge in [0.2, 0.25) is 0 Å².